The van der Waals surface area contributed by atoms with Crippen molar-refractivity contribution in [2.24, 2.45) is 5.41 Å². The van der Waals surface area contributed by atoms with E-state index in [2.05, 4.69) is 24.4 Å². The number of hydrogen-bond acceptors (Lipinski definition) is 2. The van der Waals surface area contributed by atoms with Crippen molar-refractivity contribution >= 4 is 11.4 Å². The summed E-state index contributed by atoms with van der Waals surface area (Å²) in [5.41, 5.74) is 8.23. The SMILES string of the molecule is CCC1(CNc2ccc(N)cc2)CCCC1. The van der Waals surface area contributed by atoms with Crippen LogP contribution in [-0.4, -0.2) is 6.54 Å². The average Bonchev–Trinajstić information content (AvgIpc) is 2.78. The van der Waals surface area contributed by atoms with Crippen LogP contribution in [0.25, 0.3) is 0 Å². The molecule has 0 amide bonds. The van der Waals surface area contributed by atoms with Gasteiger partial charge in [-0.3, -0.25) is 0 Å². The molecule has 16 heavy (non-hydrogen) atoms. The van der Waals surface area contributed by atoms with E-state index in [1.807, 2.05) is 12.1 Å². The molecule has 0 spiro atoms. The second-order valence-electron chi connectivity index (χ2n) is 5.04. The highest BCUT2D eigenvalue weighted by Gasteiger charge is 2.31. The van der Waals surface area contributed by atoms with E-state index in [0.717, 1.165) is 12.2 Å². The molecule has 88 valence electrons. The van der Waals surface area contributed by atoms with Crippen LogP contribution in [0.4, 0.5) is 11.4 Å². The monoisotopic (exact) mass is 218 g/mol. The van der Waals surface area contributed by atoms with Crippen LogP contribution in [0.5, 0.6) is 0 Å². The molecule has 3 N–H and O–H groups in total. The molecule has 1 aromatic rings. The molecular weight excluding hydrogens is 196 g/mol. The van der Waals surface area contributed by atoms with Gasteiger partial charge in [-0.25, -0.2) is 0 Å². The van der Waals surface area contributed by atoms with Gasteiger partial charge in [0.2, 0.25) is 0 Å². The highest BCUT2D eigenvalue weighted by Crippen LogP contribution is 2.40. The van der Waals surface area contributed by atoms with E-state index in [0.29, 0.717) is 5.41 Å². The van der Waals surface area contributed by atoms with Crippen molar-refractivity contribution in [1.82, 2.24) is 0 Å². The third-order valence-corrected chi connectivity index (χ3v) is 3.99. The van der Waals surface area contributed by atoms with Gasteiger partial charge >= 0.3 is 0 Å². The summed E-state index contributed by atoms with van der Waals surface area (Å²) < 4.78 is 0. The lowest BCUT2D eigenvalue weighted by Gasteiger charge is -2.28. The van der Waals surface area contributed by atoms with Gasteiger partial charge in [0, 0.05) is 17.9 Å². The van der Waals surface area contributed by atoms with E-state index in [4.69, 9.17) is 5.73 Å². The molecule has 0 atom stereocenters. The second-order valence-corrected chi connectivity index (χ2v) is 5.04. The van der Waals surface area contributed by atoms with Crippen LogP contribution in [0.2, 0.25) is 0 Å². The average molecular weight is 218 g/mol. The van der Waals surface area contributed by atoms with Crippen LogP contribution in [0, 0.1) is 5.41 Å². The molecule has 0 aliphatic heterocycles. The van der Waals surface area contributed by atoms with Gasteiger partial charge in [-0.15, -0.1) is 0 Å². The van der Waals surface area contributed by atoms with Crippen molar-refractivity contribution in [3.8, 4) is 0 Å². The molecule has 0 aromatic heterocycles. The quantitative estimate of drug-likeness (QED) is 0.757. The predicted octanol–water partition coefficient (Wildman–Crippen LogP) is 3.65. The molecule has 0 saturated heterocycles. The largest absolute Gasteiger partial charge is 0.399 e. The third kappa shape index (κ3) is 2.49. The lowest BCUT2D eigenvalue weighted by molar-refractivity contribution is 0.307. The van der Waals surface area contributed by atoms with Gasteiger partial charge in [-0.2, -0.15) is 0 Å². The lowest BCUT2D eigenvalue weighted by Crippen LogP contribution is -2.25. The maximum atomic E-state index is 5.67. The zero-order valence-corrected chi connectivity index (χ0v) is 10.1. The number of nitrogen functional groups attached to an aromatic ring is 1. The van der Waals surface area contributed by atoms with E-state index >= 15 is 0 Å². The maximum Gasteiger partial charge on any atom is 0.0341 e. The van der Waals surface area contributed by atoms with E-state index in [1.54, 1.807) is 0 Å². The first-order valence-corrected chi connectivity index (χ1v) is 6.33. The molecule has 0 heterocycles. The van der Waals surface area contributed by atoms with Crippen molar-refractivity contribution in [2.75, 3.05) is 17.6 Å². The Kier molecular flexibility index (Phi) is 3.37. The Labute approximate surface area is 98.2 Å². The molecule has 1 fully saturated rings. The minimum Gasteiger partial charge on any atom is -0.399 e. The lowest BCUT2D eigenvalue weighted by atomic mass is 9.83. The Morgan fingerprint density at radius 1 is 1.19 bits per heavy atom. The van der Waals surface area contributed by atoms with Crippen LogP contribution in [0.3, 0.4) is 0 Å². The first-order chi connectivity index (χ1) is 7.74. The molecule has 2 nitrogen and oxygen atoms in total. The van der Waals surface area contributed by atoms with Crippen LogP contribution < -0.4 is 11.1 Å². The molecule has 1 aromatic carbocycles. The standard InChI is InChI=1S/C14H22N2/c1-2-14(9-3-4-10-14)11-16-13-7-5-12(15)6-8-13/h5-8,16H,2-4,9-11,15H2,1H3. The minimum absolute atomic E-state index is 0.543. The summed E-state index contributed by atoms with van der Waals surface area (Å²) in [4.78, 5) is 0. The van der Waals surface area contributed by atoms with Gasteiger partial charge in [-0.1, -0.05) is 19.8 Å². The fraction of sp³-hybridized carbons (Fsp3) is 0.571. The van der Waals surface area contributed by atoms with Crippen LogP contribution >= 0.6 is 0 Å². The Morgan fingerprint density at radius 2 is 1.81 bits per heavy atom. The molecule has 0 bridgehead atoms. The Bertz CT molecular complexity index is 323. The summed E-state index contributed by atoms with van der Waals surface area (Å²) in [5.74, 6) is 0. The number of nitrogens with one attached hydrogen (secondary N) is 1. The summed E-state index contributed by atoms with van der Waals surface area (Å²) in [6.45, 7) is 3.42. The van der Waals surface area contributed by atoms with Crippen LogP contribution in [-0.2, 0) is 0 Å². The van der Waals surface area contributed by atoms with E-state index in [9.17, 15) is 0 Å². The van der Waals surface area contributed by atoms with Crippen LogP contribution in [0.1, 0.15) is 39.0 Å². The zero-order valence-electron chi connectivity index (χ0n) is 10.1. The third-order valence-electron chi connectivity index (χ3n) is 3.99. The fourth-order valence-corrected chi connectivity index (χ4v) is 2.67. The molecule has 1 aliphatic carbocycles. The summed E-state index contributed by atoms with van der Waals surface area (Å²) in [5, 5.41) is 3.55. The van der Waals surface area contributed by atoms with Crippen LogP contribution in [0.15, 0.2) is 24.3 Å². The first kappa shape index (κ1) is 11.3. The highest BCUT2D eigenvalue weighted by atomic mass is 14.9. The smallest absolute Gasteiger partial charge is 0.0341 e. The number of hydrogen-bond donors (Lipinski definition) is 2. The van der Waals surface area contributed by atoms with Crippen molar-refractivity contribution in [3.63, 3.8) is 0 Å². The summed E-state index contributed by atoms with van der Waals surface area (Å²) in [6.07, 6.45) is 6.85. The number of nitrogens with two attached hydrogens (primary N) is 1. The first-order valence-electron chi connectivity index (χ1n) is 6.33. The molecule has 0 unspecified atom stereocenters. The topological polar surface area (TPSA) is 38.0 Å². The molecule has 2 heteroatoms. The van der Waals surface area contributed by atoms with Crippen molar-refractivity contribution in [2.45, 2.75) is 39.0 Å². The van der Waals surface area contributed by atoms with Crippen molar-refractivity contribution < 1.29 is 0 Å². The van der Waals surface area contributed by atoms with Gasteiger partial charge in [-0.05, 0) is 48.9 Å². The summed E-state index contributed by atoms with van der Waals surface area (Å²) in [6, 6.07) is 8.03. The molecule has 2 rings (SSSR count). The fourth-order valence-electron chi connectivity index (χ4n) is 2.67. The zero-order chi connectivity index (χ0) is 11.4. The number of anilines is 2. The van der Waals surface area contributed by atoms with Gasteiger partial charge in [0.1, 0.15) is 0 Å². The maximum absolute atomic E-state index is 5.67. The normalized spacial score (nSPS) is 18.6. The number of benzene rings is 1. The van der Waals surface area contributed by atoms with Gasteiger partial charge in [0.15, 0.2) is 0 Å². The Hall–Kier alpha value is -1.18. The van der Waals surface area contributed by atoms with E-state index in [1.165, 1.54) is 37.8 Å². The summed E-state index contributed by atoms with van der Waals surface area (Å²) in [7, 11) is 0. The number of rotatable bonds is 4. The van der Waals surface area contributed by atoms with Gasteiger partial charge < -0.3 is 11.1 Å². The highest BCUT2D eigenvalue weighted by molar-refractivity contribution is 5.51. The Morgan fingerprint density at radius 3 is 2.38 bits per heavy atom. The Balaban J connectivity index is 1.93. The second kappa shape index (κ2) is 4.77. The molecule has 1 aliphatic rings. The molecule has 0 radical (unpaired) electrons. The minimum atomic E-state index is 0.543. The van der Waals surface area contributed by atoms with E-state index in [-0.39, 0.29) is 0 Å². The molecule has 1 saturated carbocycles. The predicted molar refractivity (Wildman–Crippen MR) is 70.5 cm³/mol. The summed E-state index contributed by atoms with van der Waals surface area (Å²) >= 11 is 0. The van der Waals surface area contributed by atoms with E-state index < -0.39 is 0 Å². The van der Waals surface area contributed by atoms with Crippen molar-refractivity contribution in [1.29, 1.82) is 0 Å². The van der Waals surface area contributed by atoms with Gasteiger partial charge in [0.25, 0.3) is 0 Å². The molecular formula is C14H22N2. The van der Waals surface area contributed by atoms with Gasteiger partial charge in [0.05, 0.1) is 0 Å². The van der Waals surface area contributed by atoms with Crippen molar-refractivity contribution in [3.05, 3.63) is 24.3 Å².